The first kappa shape index (κ1) is 10.6. The summed E-state index contributed by atoms with van der Waals surface area (Å²) < 4.78 is 0. The maximum absolute atomic E-state index is 5.43. The van der Waals surface area contributed by atoms with E-state index in [9.17, 15) is 0 Å². The van der Waals surface area contributed by atoms with Crippen LogP contribution in [0, 0.1) is 23.9 Å². The Labute approximate surface area is 72.4 Å². The standard InChI is InChI=1S/C9H16Si2/c1-7-10(3,4)9-11(5,6)8-2/h1-2H,9H2,3-6H3. The first-order valence-electron chi connectivity index (χ1n) is 3.78. The Kier molecular flexibility index (Phi) is 3.17. The summed E-state index contributed by atoms with van der Waals surface area (Å²) in [5.41, 5.74) is 6.97. The normalized spacial score (nSPS) is 11.8. The molecule has 0 unspecified atom stereocenters. The lowest BCUT2D eigenvalue weighted by Gasteiger charge is -2.22. The van der Waals surface area contributed by atoms with Crippen LogP contribution in [0.2, 0.25) is 31.9 Å². The van der Waals surface area contributed by atoms with Gasteiger partial charge in [0.1, 0.15) is 16.1 Å². The van der Waals surface area contributed by atoms with Crippen LogP contribution >= 0.6 is 0 Å². The van der Waals surface area contributed by atoms with Crippen LogP contribution in [-0.2, 0) is 0 Å². The van der Waals surface area contributed by atoms with Crippen molar-refractivity contribution in [2.75, 3.05) is 0 Å². The summed E-state index contributed by atoms with van der Waals surface area (Å²) in [5, 5.41) is 0. The predicted molar refractivity (Wildman–Crippen MR) is 57.4 cm³/mol. The molecule has 2 heteroatoms. The second-order valence-electron chi connectivity index (χ2n) is 4.23. The fourth-order valence-electron chi connectivity index (χ4n) is 1.21. The lowest BCUT2D eigenvalue weighted by atomic mass is 11.4. The molecule has 0 amide bonds. The molecule has 0 atom stereocenters. The van der Waals surface area contributed by atoms with Crippen molar-refractivity contribution in [3.8, 4) is 23.9 Å². The Morgan fingerprint density at radius 2 is 1.18 bits per heavy atom. The summed E-state index contributed by atoms with van der Waals surface area (Å²) in [6, 6.07) is 0. The summed E-state index contributed by atoms with van der Waals surface area (Å²) in [6.45, 7) is 8.83. The summed E-state index contributed by atoms with van der Waals surface area (Å²) in [6.07, 6.45) is 10.9. The van der Waals surface area contributed by atoms with Crippen LogP contribution in [0.15, 0.2) is 0 Å². The van der Waals surface area contributed by atoms with Crippen molar-refractivity contribution in [1.82, 2.24) is 0 Å². The molecule has 0 fully saturated rings. The van der Waals surface area contributed by atoms with Crippen LogP contribution < -0.4 is 0 Å². The Morgan fingerprint density at radius 3 is 1.36 bits per heavy atom. The minimum atomic E-state index is -1.39. The topological polar surface area (TPSA) is 0 Å². The summed E-state index contributed by atoms with van der Waals surface area (Å²) in [5.74, 6) is 0. The second-order valence-corrected chi connectivity index (χ2v) is 13.8. The smallest absolute Gasteiger partial charge is 0.130 e. The van der Waals surface area contributed by atoms with Gasteiger partial charge in [0.25, 0.3) is 0 Å². The van der Waals surface area contributed by atoms with E-state index in [1.807, 2.05) is 0 Å². The van der Waals surface area contributed by atoms with Gasteiger partial charge in [-0.2, -0.15) is 0 Å². The Morgan fingerprint density at radius 1 is 0.909 bits per heavy atom. The molecule has 0 aromatic rings. The Hall–Kier alpha value is -0.446. The molecule has 11 heavy (non-hydrogen) atoms. The van der Waals surface area contributed by atoms with Crippen LogP contribution in [0.25, 0.3) is 0 Å². The van der Waals surface area contributed by atoms with Gasteiger partial charge in [-0.15, -0.1) is 23.9 Å². The van der Waals surface area contributed by atoms with Gasteiger partial charge in [0.05, 0.1) is 0 Å². The number of terminal acetylenes is 2. The van der Waals surface area contributed by atoms with Crippen molar-refractivity contribution in [1.29, 1.82) is 0 Å². The van der Waals surface area contributed by atoms with Crippen molar-refractivity contribution >= 4 is 16.1 Å². The number of hydrogen-bond acceptors (Lipinski definition) is 0. The molecule has 0 nitrogen and oxygen atoms in total. The average molecular weight is 180 g/mol. The maximum atomic E-state index is 5.43. The van der Waals surface area contributed by atoms with Gasteiger partial charge in [-0.05, 0) is 5.67 Å². The van der Waals surface area contributed by atoms with E-state index in [2.05, 4.69) is 37.3 Å². The first-order chi connectivity index (χ1) is 4.83. The van der Waals surface area contributed by atoms with E-state index in [1.54, 1.807) is 0 Å². The molecule has 0 saturated heterocycles. The van der Waals surface area contributed by atoms with Crippen molar-refractivity contribution in [2.45, 2.75) is 31.9 Å². The van der Waals surface area contributed by atoms with Crippen molar-refractivity contribution in [3.05, 3.63) is 0 Å². The molecule has 0 radical (unpaired) electrons. The van der Waals surface area contributed by atoms with Gasteiger partial charge in [0.15, 0.2) is 0 Å². The minimum absolute atomic E-state index is 1.15. The molecule has 0 aliphatic rings. The largest absolute Gasteiger partial charge is 0.135 e. The molecule has 0 saturated carbocycles. The second kappa shape index (κ2) is 3.30. The highest BCUT2D eigenvalue weighted by Gasteiger charge is 2.29. The quantitative estimate of drug-likeness (QED) is 0.452. The van der Waals surface area contributed by atoms with E-state index >= 15 is 0 Å². The molecule has 0 spiro atoms. The third kappa shape index (κ3) is 4.08. The van der Waals surface area contributed by atoms with Gasteiger partial charge in [0, 0.05) is 0 Å². The van der Waals surface area contributed by atoms with E-state index in [4.69, 9.17) is 12.8 Å². The minimum Gasteiger partial charge on any atom is -0.135 e. The van der Waals surface area contributed by atoms with Crippen LogP contribution in [0.4, 0.5) is 0 Å². The van der Waals surface area contributed by atoms with Gasteiger partial charge >= 0.3 is 0 Å². The lowest BCUT2D eigenvalue weighted by Crippen LogP contribution is -2.37. The zero-order chi connectivity index (χ0) is 9.12. The summed E-state index contributed by atoms with van der Waals surface area (Å²) in [4.78, 5) is 0. The van der Waals surface area contributed by atoms with E-state index in [-0.39, 0.29) is 0 Å². The van der Waals surface area contributed by atoms with Gasteiger partial charge in [-0.1, -0.05) is 26.2 Å². The molecule has 60 valence electrons. The highest BCUT2D eigenvalue weighted by Crippen LogP contribution is 2.17. The molecular formula is C9H16Si2. The van der Waals surface area contributed by atoms with Crippen molar-refractivity contribution < 1.29 is 0 Å². The van der Waals surface area contributed by atoms with Crippen LogP contribution in [0.5, 0.6) is 0 Å². The number of hydrogen-bond donors (Lipinski definition) is 0. The van der Waals surface area contributed by atoms with Gasteiger partial charge in [0.2, 0.25) is 0 Å². The van der Waals surface area contributed by atoms with Crippen LogP contribution in [-0.4, -0.2) is 16.1 Å². The molecule has 0 rings (SSSR count). The SMILES string of the molecule is C#C[Si](C)(C)C[Si](C)(C)C#C. The molecule has 0 bridgehead atoms. The Balaban J connectivity index is 4.31. The van der Waals surface area contributed by atoms with E-state index in [0.717, 1.165) is 5.67 Å². The highest BCUT2D eigenvalue weighted by molar-refractivity contribution is 7.02. The van der Waals surface area contributed by atoms with Crippen LogP contribution in [0.3, 0.4) is 0 Å². The molecule has 0 aliphatic heterocycles. The molecular weight excluding hydrogens is 164 g/mol. The van der Waals surface area contributed by atoms with Gasteiger partial charge in [-0.3, -0.25) is 0 Å². The molecule has 0 aromatic heterocycles. The molecule has 0 aromatic carbocycles. The molecule has 0 N–H and O–H groups in total. The molecule has 0 heterocycles. The Bertz CT molecular complexity index is 189. The first-order valence-corrected chi connectivity index (χ1v) is 10.2. The van der Waals surface area contributed by atoms with Crippen molar-refractivity contribution in [2.24, 2.45) is 0 Å². The fourth-order valence-corrected chi connectivity index (χ4v) is 10.9. The summed E-state index contributed by atoms with van der Waals surface area (Å²) in [7, 11) is -2.77. The zero-order valence-corrected chi connectivity index (χ0v) is 9.86. The van der Waals surface area contributed by atoms with Crippen molar-refractivity contribution in [3.63, 3.8) is 0 Å². The van der Waals surface area contributed by atoms with Gasteiger partial charge in [-0.25, -0.2) is 0 Å². The third-order valence-electron chi connectivity index (χ3n) is 1.67. The zero-order valence-electron chi connectivity index (χ0n) is 7.86. The summed E-state index contributed by atoms with van der Waals surface area (Å²) >= 11 is 0. The van der Waals surface area contributed by atoms with Gasteiger partial charge < -0.3 is 0 Å². The highest BCUT2D eigenvalue weighted by atomic mass is 28.4. The van der Waals surface area contributed by atoms with E-state index in [1.165, 1.54) is 0 Å². The third-order valence-corrected chi connectivity index (χ3v) is 10.3. The molecule has 0 aliphatic carbocycles. The van der Waals surface area contributed by atoms with Crippen LogP contribution in [0.1, 0.15) is 0 Å². The average Bonchev–Trinajstić information content (AvgIpc) is 1.86. The lowest BCUT2D eigenvalue weighted by molar-refractivity contribution is 1.61. The monoisotopic (exact) mass is 180 g/mol. The van der Waals surface area contributed by atoms with E-state index in [0.29, 0.717) is 0 Å². The van der Waals surface area contributed by atoms with E-state index < -0.39 is 16.1 Å². The maximum Gasteiger partial charge on any atom is 0.130 e. The predicted octanol–water partition coefficient (Wildman–Crippen LogP) is 2.29. The fraction of sp³-hybridized carbons (Fsp3) is 0.556. The number of rotatable bonds is 2.